The smallest absolute Gasteiger partial charge is 0.408 e. The molecule has 1 saturated heterocycles. The summed E-state index contributed by atoms with van der Waals surface area (Å²) in [5.74, 6) is -0.508. The van der Waals surface area contributed by atoms with Crippen molar-refractivity contribution in [3.05, 3.63) is 46.5 Å². The van der Waals surface area contributed by atoms with Crippen LogP contribution in [0.3, 0.4) is 0 Å². The Morgan fingerprint density at radius 1 is 1.35 bits per heavy atom. The van der Waals surface area contributed by atoms with E-state index in [1.54, 1.807) is 44.5 Å². The molecule has 0 bridgehead atoms. The summed E-state index contributed by atoms with van der Waals surface area (Å²) in [6, 6.07) is -1.36. The second-order valence-electron chi connectivity index (χ2n) is 9.26. The fraction of sp³-hybridized carbons (Fsp3) is 0.520. The highest BCUT2D eigenvalue weighted by Gasteiger charge is 2.36. The van der Waals surface area contributed by atoms with Gasteiger partial charge in [-0.25, -0.2) is 9.78 Å². The van der Waals surface area contributed by atoms with Crippen LogP contribution in [0.1, 0.15) is 58.0 Å². The van der Waals surface area contributed by atoms with Crippen molar-refractivity contribution >= 4 is 34.8 Å². The predicted molar refractivity (Wildman–Crippen MR) is 135 cm³/mol. The van der Waals surface area contributed by atoms with Crippen LogP contribution in [0.5, 0.6) is 0 Å². The van der Waals surface area contributed by atoms with Gasteiger partial charge in [0.1, 0.15) is 17.7 Å². The van der Waals surface area contributed by atoms with E-state index in [1.807, 2.05) is 32.1 Å². The molecule has 1 aromatic rings. The standard InChI is InChI=1S/C25H36N4O4S/c1-8-19(12-11-16(2)21-17(3)27-15-34-21)14-26-22(30)20-10-9-13-29(20)23(31)18(4)28-24(32)33-25(5,6)7/h8,11-12,15,18,20H,2,9-10,13-14H2,1,3-7H3,(H,26,30)(H,28,32)/b12-11-,19-8+/t18-,20-/m0/s1. The molecule has 2 atom stereocenters. The molecule has 0 spiro atoms. The summed E-state index contributed by atoms with van der Waals surface area (Å²) in [4.78, 5) is 44.6. The summed E-state index contributed by atoms with van der Waals surface area (Å²) >= 11 is 1.54. The van der Waals surface area contributed by atoms with E-state index in [0.717, 1.165) is 28.1 Å². The van der Waals surface area contributed by atoms with E-state index >= 15 is 0 Å². The Kier molecular flexibility index (Phi) is 9.61. The summed E-state index contributed by atoms with van der Waals surface area (Å²) in [7, 11) is 0. The minimum atomic E-state index is -0.793. The number of hydrogen-bond donors (Lipinski definition) is 2. The third-order valence-electron chi connectivity index (χ3n) is 5.32. The molecule has 0 unspecified atom stereocenters. The molecular weight excluding hydrogens is 452 g/mol. The van der Waals surface area contributed by atoms with E-state index in [9.17, 15) is 14.4 Å². The number of aryl methyl sites for hydroxylation is 1. The Hall–Kier alpha value is -2.94. The van der Waals surface area contributed by atoms with Crippen LogP contribution in [0, 0.1) is 6.92 Å². The number of amides is 3. The fourth-order valence-electron chi connectivity index (χ4n) is 3.56. The Labute approximate surface area is 206 Å². The van der Waals surface area contributed by atoms with Crippen LogP contribution in [0.15, 0.2) is 35.9 Å². The van der Waals surface area contributed by atoms with Crippen molar-refractivity contribution in [2.75, 3.05) is 13.1 Å². The van der Waals surface area contributed by atoms with Crippen molar-refractivity contribution in [1.82, 2.24) is 20.5 Å². The molecule has 1 aromatic heterocycles. The van der Waals surface area contributed by atoms with Crippen molar-refractivity contribution < 1.29 is 19.1 Å². The Balaban J connectivity index is 1.92. The number of hydrogen-bond acceptors (Lipinski definition) is 6. The van der Waals surface area contributed by atoms with Crippen molar-refractivity contribution in [3.63, 3.8) is 0 Å². The topological polar surface area (TPSA) is 101 Å². The molecule has 2 N–H and O–H groups in total. The summed E-state index contributed by atoms with van der Waals surface area (Å²) < 4.78 is 5.22. The van der Waals surface area contributed by atoms with E-state index in [1.165, 1.54) is 4.90 Å². The number of allylic oxidation sites excluding steroid dienone is 3. The first kappa shape index (κ1) is 27.3. The Bertz CT molecular complexity index is 974. The van der Waals surface area contributed by atoms with Crippen LogP contribution in [0.25, 0.3) is 5.57 Å². The maximum atomic E-state index is 12.9. The van der Waals surface area contributed by atoms with Gasteiger partial charge in [0.2, 0.25) is 11.8 Å². The number of carbonyl (C=O) groups excluding carboxylic acids is 3. The maximum Gasteiger partial charge on any atom is 0.408 e. The third kappa shape index (κ3) is 7.83. The van der Waals surface area contributed by atoms with Crippen molar-refractivity contribution in [1.29, 1.82) is 0 Å². The zero-order valence-electron chi connectivity index (χ0n) is 20.9. The van der Waals surface area contributed by atoms with Crippen LogP contribution in [-0.4, -0.2) is 58.6 Å². The van der Waals surface area contributed by atoms with Gasteiger partial charge in [0.15, 0.2) is 0 Å². The van der Waals surface area contributed by atoms with Gasteiger partial charge in [-0.15, -0.1) is 11.3 Å². The van der Waals surface area contributed by atoms with Crippen LogP contribution in [0.4, 0.5) is 4.79 Å². The fourth-order valence-corrected chi connectivity index (χ4v) is 4.31. The number of likely N-dealkylation sites (tertiary alicyclic amines) is 1. The second kappa shape index (κ2) is 12.0. The van der Waals surface area contributed by atoms with E-state index in [0.29, 0.717) is 19.5 Å². The predicted octanol–water partition coefficient (Wildman–Crippen LogP) is 3.99. The zero-order chi connectivity index (χ0) is 25.5. The molecule has 0 aliphatic carbocycles. The lowest BCUT2D eigenvalue weighted by Crippen LogP contribution is -2.53. The number of rotatable bonds is 8. The van der Waals surface area contributed by atoms with Crippen molar-refractivity contribution in [3.8, 4) is 0 Å². The summed E-state index contributed by atoms with van der Waals surface area (Å²) in [6.07, 6.45) is 6.41. The van der Waals surface area contributed by atoms with E-state index < -0.39 is 23.8 Å². The van der Waals surface area contributed by atoms with Gasteiger partial charge in [-0.05, 0) is 65.5 Å². The first-order valence-corrected chi connectivity index (χ1v) is 12.3. The Morgan fingerprint density at radius 2 is 2.06 bits per heavy atom. The lowest BCUT2D eigenvalue weighted by Gasteiger charge is -2.28. The molecule has 0 radical (unpaired) electrons. The van der Waals surface area contributed by atoms with E-state index in [4.69, 9.17) is 4.74 Å². The summed E-state index contributed by atoms with van der Waals surface area (Å²) in [5.41, 5.74) is 3.86. The van der Waals surface area contributed by atoms with Crippen LogP contribution in [0.2, 0.25) is 0 Å². The molecule has 0 aromatic carbocycles. The normalized spacial score (nSPS) is 17.5. The van der Waals surface area contributed by atoms with E-state index in [-0.39, 0.29) is 11.8 Å². The quantitative estimate of drug-likeness (QED) is 0.539. The van der Waals surface area contributed by atoms with E-state index in [2.05, 4.69) is 22.2 Å². The molecule has 186 valence electrons. The lowest BCUT2D eigenvalue weighted by atomic mass is 10.1. The maximum absolute atomic E-state index is 12.9. The molecule has 2 heterocycles. The van der Waals surface area contributed by atoms with Crippen LogP contribution in [-0.2, 0) is 14.3 Å². The van der Waals surface area contributed by atoms with Gasteiger partial charge in [0.05, 0.1) is 16.1 Å². The van der Waals surface area contributed by atoms with Gasteiger partial charge in [0, 0.05) is 13.1 Å². The van der Waals surface area contributed by atoms with Gasteiger partial charge in [-0.2, -0.15) is 0 Å². The highest BCUT2D eigenvalue weighted by molar-refractivity contribution is 7.11. The van der Waals surface area contributed by atoms with Crippen LogP contribution < -0.4 is 10.6 Å². The van der Waals surface area contributed by atoms with Gasteiger partial charge >= 0.3 is 6.09 Å². The van der Waals surface area contributed by atoms with Gasteiger partial charge < -0.3 is 20.3 Å². The minimum Gasteiger partial charge on any atom is -0.444 e. The molecule has 1 fully saturated rings. The first-order valence-electron chi connectivity index (χ1n) is 11.4. The molecule has 1 aliphatic heterocycles. The van der Waals surface area contributed by atoms with Crippen molar-refractivity contribution in [2.45, 2.75) is 72.1 Å². The molecule has 2 rings (SSSR count). The molecule has 3 amide bonds. The molecule has 9 heteroatoms. The minimum absolute atomic E-state index is 0.208. The average molecular weight is 489 g/mol. The number of nitrogens with zero attached hydrogens (tertiary/aromatic N) is 2. The van der Waals surface area contributed by atoms with Gasteiger partial charge in [-0.1, -0.05) is 24.8 Å². The average Bonchev–Trinajstić information content (AvgIpc) is 3.40. The highest BCUT2D eigenvalue weighted by Crippen LogP contribution is 2.23. The number of thiazole rings is 1. The first-order chi connectivity index (χ1) is 15.9. The molecule has 1 aliphatic rings. The number of alkyl carbamates (subject to hydrolysis) is 1. The molecule has 8 nitrogen and oxygen atoms in total. The summed E-state index contributed by atoms with van der Waals surface area (Å²) in [6.45, 7) is 15.6. The number of nitrogens with one attached hydrogen (secondary N) is 2. The lowest BCUT2D eigenvalue weighted by molar-refractivity contribution is -0.139. The van der Waals surface area contributed by atoms with Crippen molar-refractivity contribution in [2.24, 2.45) is 0 Å². The summed E-state index contributed by atoms with van der Waals surface area (Å²) in [5, 5.41) is 5.50. The monoisotopic (exact) mass is 488 g/mol. The van der Waals surface area contributed by atoms with Crippen LogP contribution >= 0.6 is 11.3 Å². The largest absolute Gasteiger partial charge is 0.444 e. The third-order valence-corrected chi connectivity index (χ3v) is 6.32. The highest BCUT2D eigenvalue weighted by atomic mass is 32.1. The SMILES string of the molecule is C=C(/C=C\C(=C/C)CNC(=O)[C@@H]1CCCN1C(=O)[C@H](C)NC(=O)OC(C)(C)C)c1scnc1C. The van der Waals surface area contributed by atoms with Gasteiger partial charge in [0.25, 0.3) is 0 Å². The Morgan fingerprint density at radius 3 is 2.65 bits per heavy atom. The molecular formula is C25H36N4O4S. The number of carbonyl (C=O) groups is 3. The molecule has 34 heavy (non-hydrogen) atoms. The van der Waals surface area contributed by atoms with Gasteiger partial charge in [-0.3, -0.25) is 9.59 Å². The second-order valence-corrected chi connectivity index (χ2v) is 10.1. The molecule has 0 saturated carbocycles. The zero-order valence-corrected chi connectivity index (χ0v) is 21.8. The number of ether oxygens (including phenoxy) is 1. The number of aromatic nitrogens is 1.